The Balaban J connectivity index is 0.00000161. The van der Waals surface area contributed by atoms with Crippen LogP contribution in [0.15, 0.2) is 44.4 Å². The van der Waals surface area contributed by atoms with Crippen molar-refractivity contribution in [2.45, 2.75) is 17.4 Å². The molecule has 1 aromatic heterocycles. The zero-order valence-electron chi connectivity index (χ0n) is 11.1. The first-order chi connectivity index (χ1) is 9.46. The molecule has 114 valence electrons. The Morgan fingerprint density at radius 2 is 2.00 bits per heavy atom. The molecule has 0 bridgehead atoms. The molecule has 1 unspecified atom stereocenters. The molecule has 2 aromatic rings. The second-order valence-electron chi connectivity index (χ2n) is 4.87. The number of nitrogens with zero attached hydrogens (tertiary/aromatic N) is 1. The number of hydrogen-bond donors (Lipinski definition) is 1. The minimum absolute atomic E-state index is 0. The fourth-order valence-electron chi connectivity index (χ4n) is 2.33. The first-order valence-electron chi connectivity index (χ1n) is 6.26. The molecule has 0 spiro atoms. The molecule has 0 saturated carbocycles. The number of hydrogen-bond acceptors (Lipinski definition) is 5. The van der Waals surface area contributed by atoms with Crippen LogP contribution in [0.5, 0.6) is 0 Å². The quantitative estimate of drug-likeness (QED) is 0.827. The van der Waals surface area contributed by atoms with Crippen molar-refractivity contribution in [1.29, 1.82) is 0 Å². The van der Waals surface area contributed by atoms with Gasteiger partial charge in [-0.1, -0.05) is 0 Å². The van der Waals surface area contributed by atoms with E-state index < -0.39 is 15.6 Å². The smallest absolute Gasteiger partial charge is 0.336 e. The van der Waals surface area contributed by atoms with Crippen LogP contribution in [0.3, 0.4) is 0 Å². The van der Waals surface area contributed by atoms with Crippen LogP contribution in [0, 0.1) is 0 Å². The second kappa shape index (κ2) is 5.76. The number of sulfonamides is 1. The summed E-state index contributed by atoms with van der Waals surface area (Å²) in [6, 6.07) is 7.17. The van der Waals surface area contributed by atoms with Crippen LogP contribution in [0.25, 0.3) is 11.0 Å². The third-order valence-electron chi connectivity index (χ3n) is 3.42. The van der Waals surface area contributed by atoms with Crippen LogP contribution < -0.4 is 11.4 Å². The van der Waals surface area contributed by atoms with Gasteiger partial charge in [0.15, 0.2) is 0 Å². The fraction of sp³-hybridized carbons (Fsp3) is 0.308. The molecular formula is C13H15ClN2O4S. The Bertz CT molecular complexity index is 818. The van der Waals surface area contributed by atoms with Crippen LogP contribution in [-0.2, 0) is 10.0 Å². The van der Waals surface area contributed by atoms with Crippen LogP contribution in [0.1, 0.15) is 6.42 Å². The van der Waals surface area contributed by atoms with Crippen molar-refractivity contribution in [2.75, 3.05) is 13.1 Å². The molecule has 1 aliphatic heterocycles. The van der Waals surface area contributed by atoms with Gasteiger partial charge in [-0.3, -0.25) is 0 Å². The molecule has 0 aliphatic carbocycles. The Morgan fingerprint density at radius 3 is 2.67 bits per heavy atom. The highest BCUT2D eigenvalue weighted by molar-refractivity contribution is 7.89. The average molecular weight is 331 g/mol. The SMILES string of the molecule is Cl.NC1CCN(S(=O)(=O)c2ccc3oc(=O)ccc3c2)C1. The van der Waals surface area contributed by atoms with E-state index in [1.807, 2.05) is 0 Å². The van der Waals surface area contributed by atoms with Crippen molar-refractivity contribution >= 4 is 33.4 Å². The maximum atomic E-state index is 12.5. The van der Waals surface area contributed by atoms with E-state index in [-0.39, 0.29) is 23.3 Å². The average Bonchev–Trinajstić information content (AvgIpc) is 2.85. The van der Waals surface area contributed by atoms with Crippen LogP contribution in [-0.4, -0.2) is 31.9 Å². The van der Waals surface area contributed by atoms with Gasteiger partial charge in [0.1, 0.15) is 5.58 Å². The summed E-state index contributed by atoms with van der Waals surface area (Å²) < 4.78 is 31.3. The van der Waals surface area contributed by atoms with Gasteiger partial charge in [0, 0.05) is 30.6 Å². The lowest BCUT2D eigenvalue weighted by atomic mass is 10.2. The highest BCUT2D eigenvalue weighted by Crippen LogP contribution is 2.23. The lowest BCUT2D eigenvalue weighted by Crippen LogP contribution is -2.31. The van der Waals surface area contributed by atoms with Crippen molar-refractivity contribution in [3.8, 4) is 0 Å². The van der Waals surface area contributed by atoms with Gasteiger partial charge in [-0.2, -0.15) is 4.31 Å². The summed E-state index contributed by atoms with van der Waals surface area (Å²) in [5.74, 6) is 0. The van der Waals surface area contributed by atoms with Gasteiger partial charge in [0.05, 0.1) is 4.90 Å². The van der Waals surface area contributed by atoms with Gasteiger partial charge in [-0.25, -0.2) is 13.2 Å². The van der Waals surface area contributed by atoms with E-state index in [0.717, 1.165) is 0 Å². The monoisotopic (exact) mass is 330 g/mol. The second-order valence-corrected chi connectivity index (χ2v) is 6.80. The van der Waals surface area contributed by atoms with Crippen LogP contribution in [0.4, 0.5) is 0 Å². The Labute approximate surface area is 128 Å². The molecule has 0 amide bonds. The Kier molecular flexibility index (Phi) is 4.38. The number of nitrogens with two attached hydrogens (primary N) is 1. The summed E-state index contributed by atoms with van der Waals surface area (Å²) in [6.07, 6.45) is 0.668. The summed E-state index contributed by atoms with van der Waals surface area (Å²) in [5.41, 5.74) is 5.66. The highest BCUT2D eigenvalue weighted by Gasteiger charge is 2.30. The van der Waals surface area contributed by atoms with E-state index >= 15 is 0 Å². The van der Waals surface area contributed by atoms with Gasteiger partial charge in [-0.05, 0) is 30.7 Å². The number of rotatable bonds is 2. The maximum absolute atomic E-state index is 12.5. The van der Waals surface area contributed by atoms with Crippen LogP contribution >= 0.6 is 12.4 Å². The summed E-state index contributed by atoms with van der Waals surface area (Å²) in [6.45, 7) is 0.773. The van der Waals surface area contributed by atoms with E-state index in [9.17, 15) is 13.2 Å². The van der Waals surface area contributed by atoms with Crippen LogP contribution in [0.2, 0.25) is 0 Å². The molecule has 21 heavy (non-hydrogen) atoms. The minimum atomic E-state index is -3.54. The molecule has 0 radical (unpaired) electrons. The molecular weight excluding hydrogens is 316 g/mol. The third kappa shape index (κ3) is 2.96. The number of halogens is 1. The first-order valence-corrected chi connectivity index (χ1v) is 7.70. The van der Waals surface area contributed by atoms with Crippen molar-refractivity contribution < 1.29 is 12.8 Å². The van der Waals surface area contributed by atoms with Crippen molar-refractivity contribution in [2.24, 2.45) is 5.73 Å². The predicted octanol–water partition coefficient (Wildman–Crippen LogP) is 0.936. The molecule has 2 heterocycles. The summed E-state index contributed by atoms with van der Waals surface area (Å²) in [7, 11) is -3.54. The Morgan fingerprint density at radius 1 is 1.24 bits per heavy atom. The van der Waals surface area contributed by atoms with Gasteiger partial charge in [0.25, 0.3) is 0 Å². The fourth-order valence-corrected chi connectivity index (χ4v) is 3.88. The normalized spacial score (nSPS) is 19.6. The van der Waals surface area contributed by atoms with Crippen molar-refractivity contribution in [3.05, 3.63) is 40.8 Å². The number of benzene rings is 1. The molecule has 1 saturated heterocycles. The third-order valence-corrected chi connectivity index (χ3v) is 5.28. The van der Waals surface area contributed by atoms with E-state index in [1.165, 1.54) is 28.6 Å². The number of fused-ring (bicyclic) bond motifs is 1. The van der Waals surface area contributed by atoms with Gasteiger partial charge < -0.3 is 10.2 Å². The zero-order valence-corrected chi connectivity index (χ0v) is 12.7. The standard InChI is InChI=1S/C13H14N2O4S.ClH/c14-10-5-6-15(8-10)20(17,18)11-2-3-12-9(7-11)1-4-13(16)19-12;/h1-4,7,10H,5-6,8,14H2;1H. The van der Waals surface area contributed by atoms with Gasteiger partial charge >= 0.3 is 5.63 Å². The zero-order chi connectivity index (χ0) is 14.3. The largest absolute Gasteiger partial charge is 0.423 e. The summed E-state index contributed by atoms with van der Waals surface area (Å²) in [4.78, 5) is 11.3. The lowest BCUT2D eigenvalue weighted by molar-refractivity contribution is 0.472. The lowest BCUT2D eigenvalue weighted by Gasteiger charge is -2.16. The molecule has 1 aliphatic rings. The van der Waals surface area contributed by atoms with E-state index in [0.29, 0.717) is 30.5 Å². The highest BCUT2D eigenvalue weighted by atomic mass is 35.5. The molecule has 3 rings (SSSR count). The molecule has 1 fully saturated rings. The summed E-state index contributed by atoms with van der Waals surface area (Å²) >= 11 is 0. The maximum Gasteiger partial charge on any atom is 0.336 e. The molecule has 2 N–H and O–H groups in total. The van der Waals surface area contributed by atoms with Crippen molar-refractivity contribution in [1.82, 2.24) is 4.31 Å². The van der Waals surface area contributed by atoms with E-state index in [2.05, 4.69) is 0 Å². The molecule has 1 atom stereocenters. The first kappa shape index (κ1) is 16.0. The van der Waals surface area contributed by atoms with Gasteiger partial charge in [-0.15, -0.1) is 12.4 Å². The van der Waals surface area contributed by atoms with E-state index in [4.69, 9.17) is 10.2 Å². The van der Waals surface area contributed by atoms with Gasteiger partial charge in [0.2, 0.25) is 10.0 Å². The molecule has 1 aromatic carbocycles. The Hall–Kier alpha value is -1.41. The summed E-state index contributed by atoms with van der Waals surface area (Å²) in [5, 5.41) is 0.578. The van der Waals surface area contributed by atoms with E-state index in [1.54, 1.807) is 6.07 Å². The topological polar surface area (TPSA) is 93.6 Å². The predicted molar refractivity (Wildman–Crippen MR) is 81.1 cm³/mol. The molecule has 8 heteroatoms. The van der Waals surface area contributed by atoms with Crippen molar-refractivity contribution in [3.63, 3.8) is 0 Å². The molecule has 6 nitrogen and oxygen atoms in total. The minimum Gasteiger partial charge on any atom is -0.423 e.